The van der Waals surface area contributed by atoms with Crippen LogP contribution in [0.2, 0.25) is 0 Å². The quantitative estimate of drug-likeness (QED) is 0.311. The van der Waals surface area contributed by atoms with Crippen LogP contribution in [-0.4, -0.2) is 0 Å². The van der Waals surface area contributed by atoms with Crippen LogP contribution in [0.5, 0.6) is 0 Å². The van der Waals surface area contributed by atoms with Crippen molar-refractivity contribution in [2.24, 2.45) is 0 Å². The summed E-state index contributed by atoms with van der Waals surface area (Å²) in [5.74, 6) is 0. The molecule has 5 aromatic rings. The van der Waals surface area contributed by atoms with Gasteiger partial charge in [-0.05, 0) is 35.2 Å². The number of thiophene rings is 2. The Labute approximate surface area is 149 Å². The molecule has 0 unspecified atom stereocenters. The Morgan fingerprint density at radius 2 is 1.33 bits per heavy atom. The van der Waals surface area contributed by atoms with E-state index in [9.17, 15) is 0 Å². The number of rotatable bonds is 2. The first-order valence-corrected chi connectivity index (χ1v) is 9.90. The normalized spacial score (nSPS) is 11.7. The summed E-state index contributed by atoms with van der Waals surface area (Å²) in [6.45, 7) is 2.22. The zero-order valence-electron chi connectivity index (χ0n) is 13.4. The molecule has 0 nitrogen and oxygen atoms in total. The molecule has 2 aromatic heterocycles. The Balaban J connectivity index is 1.76. The van der Waals surface area contributed by atoms with Gasteiger partial charge in [-0.1, -0.05) is 61.5 Å². The van der Waals surface area contributed by atoms with E-state index in [0.717, 1.165) is 6.42 Å². The van der Waals surface area contributed by atoms with Crippen LogP contribution in [0.25, 0.3) is 40.7 Å². The number of benzene rings is 3. The fraction of sp³-hybridized carbons (Fsp3) is 0.0909. The maximum Gasteiger partial charge on any atom is 0.0542 e. The van der Waals surface area contributed by atoms with Gasteiger partial charge in [0.15, 0.2) is 0 Å². The van der Waals surface area contributed by atoms with E-state index in [1.807, 2.05) is 22.7 Å². The van der Waals surface area contributed by atoms with Crippen molar-refractivity contribution in [2.75, 3.05) is 0 Å². The molecule has 0 atom stereocenters. The van der Waals surface area contributed by atoms with Gasteiger partial charge in [0.25, 0.3) is 0 Å². The van der Waals surface area contributed by atoms with Gasteiger partial charge in [-0.2, -0.15) is 0 Å². The van der Waals surface area contributed by atoms with Gasteiger partial charge in [0.05, 0.1) is 9.40 Å². The molecule has 0 fully saturated rings. The highest BCUT2D eigenvalue weighted by atomic mass is 32.1. The topological polar surface area (TPSA) is 0 Å². The van der Waals surface area contributed by atoms with E-state index < -0.39 is 0 Å². The summed E-state index contributed by atoms with van der Waals surface area (Å²) < 4.78 is 5.69. The lowest BCUT2D eigenvalue weighted by Gasteiger charge is -2.01. The van der Waals surface area contributed by atoms with E-state index in [1.165, 1.54) is 46.3 Å². The van der Waals surface area contributed by atoms with Crippen LogP contribution in [0.15, 0.2) is 66.7 Å². The van der Waals surface area contributed by atoms with Gasteiger partial charge in [0.2, 0.25) is 0 Å². The molecule has 24 heavy (non-hydrogen) atoms. The third-order valence-corrected chi connectivity index (χ3v) is 7.16. The van der Waals surface area contributed by atoms with E-state index in [2.05, 4.69) is 73.7 Å². The summed E-state index contributed by atoms with van der Waals surface area (Å²) in [6.07, 6.45) is 1.10. The van der Waals surface area contributed by atoms with E-state index in [-0.39, 0.29) is 0 Å². The van der Waals surface area contributed by atoms with Crippen LogP contribution in [-0.2, 0) is 6.42 Å². The van der Waals surface area contributed by atoms with Crippen LogP contribution in [0.1, 0.15) is 12.5 Å². The standard InChI is InChI=1S/C22H16S2/c1-2-14-8-10-17-19(12-14)23-22-18-11-9-16(13-20(18)24-21(17)22)15-6-4-3-5-7-15/h3-13H,2H2,1H3. The van der Waals surface area contributed by atoms with Gasteiger partial charge in [0.1, 0.15) is 0 Å². The smallest absolute Gasteiger partial charge is 0.0542 e. The molecule has 0 spiro atoms. The minimum absolute atomic E-state index is 1.10. The number of aryl methyl sites for hydroxylation is 1. The van der Waals surface area contributed by atoms with Crippen molar-refractivity contribution in [3.05, 3.63) is 72.3 Å². The molecule has 0 saturated carbocycles. The summed E-state index contributed by atoms with van der Waals surface area (Å²) in [7, 11) is 0. The van der Waals surface area contributed by atoms with Crippen LogP contribution in [0.4, 0.5) is 0 Å². The second-order valence-corrected chi connectivity index (χ2v) is 8.23. The highest BCUT2D eigenvalue weighted by Gasteiger charge is 2.13. The predicted octanol–water partition coefficient (Wildman–Crippen LogP) is 7.50. The second-order valence-electron chi connectivity index (χ2n) is 6.12. The maximum atomic E-state index is 2.36. The Morgan fingerprint density at radius 3 is 2.04 bits per heavy atom. The van der Waals surface area contributed by atoms with Gasteiger partial charge in [-0.3, -0.25) is 0 Å². The minimum Gasteiger partial charge on any atom is -0.134 e. The molecular weight excluding hydrogens is 328 g/mol. The van der Waals surface area contributed by atoms with Gasteiger partial charge in [-0.25, -0.2) is 0 Å². The second kappa shape index (κ2) is 5.44. The summed E-state index contributed by atoms with van der Waals surface area (Å²) in [6, 6.07) is 24.5. The van der Waals surface area contributed by atoms with Crippen molar-refractivity contribution in [1.82, 2.24) is 0 Å². The summed E-state index contributed by atoms with van der Waals surface area (Å²) >= 11 is 3.87. The molecule has 0 N–H and O–H groups in total. The molecule has 0 saturated heterocycles. The van der Waals surface area contributed by atoms with Gasteiger partial charge in [-0.15, -0.1) is 22.7 Å². The SMILES string of the molecule is CCc1ccc2c(c1)sc1c3ccc(-c4ccccc4)cc3sc21. The van der Waals surface area contributed by atoms with Crippen LogP contribution in [0.3, 0.4) is 0 Å². The van der Waals surface area contributed by atoms with Crippen molar-refractivity contribution < 1.29 is 0 Å². The fourth-order valence-electron chi connectivity index (χ4n) is 3.33. The van der Waals surface area contributed by atoms with Crippen molar-refractivity contribution in [3.8, 4) is 11.1 Å². The van der Waals surface area contributed by atoms with Crippen molar-refractivity contribution in [2.45, 2.75) is 13.3 Å². The lowest BCUT2D eigenvalue weighted by Crippen LogP contribution is -1.76. The van der Waals surface area contributed by atoms with Gasteiger partial charge >= 0.3 is 0 Å². The number of hydrogen-bond acceptors (Lipinski definition) is 2. The average Bonchev–Trinajstić information content (AvgIpc) is 3.17. The highest BCUT2D eigenvalue weighted by Crippen LogP contribution is 2.45. The molecule has 2 heterocycles. The molecule has 3 aromatic carbocycles. The monoisotopic (exact) mass is 344 g/mol. The fourth-order valence-corrected chi connectivity index (χ4v) is 6.09. The number of fused-ring (bicyclic) bond motifs is 5. The van der Waals surface area contributed by atoms with Gasteiger partial charge in [0, 0.05) is 20.2 Å². The molecule has 0 amide bonds. The van der Waals surface area contributed by atoms with E-state index >= 15 is 0 Å². The van der Waals surface area contributed by atoms with E-state index in [1.54, 1.807) is 0 Å². The Hall–Kier alpha value is -2.16. The lowest BCUT2D eigenvalue weighted by molar-refractivity contribution is 1.15. The number of hydrogen-bond donors (Lipinski definition) is 0. The highest BCUT2D eigenvalue weighted by molar-refractivity contribution is 7.36. The summed E-state index contributed by atoms with van der Waals surface area (Å²) in [5, 5.41) is 2.81. The Kier molecular flexibility index (Phi) is 3.22. The average molecular weight is 345 g/mol. The first kappa shape index (κ1) is 14.2. The summed E-state index contributed by atoms with van der Waals surface area (Å²) in [4.78, 5) is 0. The third kappa shape index (κ3) is 2.10. The molecule has 5 rings (SSSR count). The molecular formula is C22H16S2. The zero-order valence-corrected chi connectivity index (χ0v) is 15.0. The maximum absolute atomic E-state index is 2.36. The Morgan fingerprint density at radius 1 is 0.667 bits per heavy atom. The minimum atomic E-state index is 1.10. The first-order chi connectivity index (χ1) is 11.8. The lowest BCUT2D eigenvalue weighted by atomic mass is 10.0. The van der Waals surface area contributed by atoms with E-state index in [4.69, 9.17) is 0 Å². The third-order valence-electron chi connectivity index (χ3n) is 4.66. The Bertz CT molecular complexity index is 1180. The molecule has 0 aliphatic heterocycles. The molecule has 0 bridgehead atoms. The van der Waals surface area contributed by atoms with Crippen molar-refractivity contribution >= 4 is 52.2 Å². The van der Waals surface area contributed by atoms with Crippen LogP contribution >= 0.6 is 22.7 Å². The van der Waals surface area contributed by atoms with Crippen LogP contribution < -0.4 is 0 Å². The van der Waals surface area contributed by atoms with Crippen LogP contribution in [0, 0.1) is 0 Å². The van der Waals surface area contributed by atoms with Crippen molar-refractivity contribution in [1.29, 1.82) is 0 Å². The first-order valence-electron chi connectivity index (χ1n) is 8.26. The molecule has 0 aliphatic carbocycles. The zero-order chi connectivity index (χ0) is 16.1. The predicted molar refractivity (Wildman–Crippen MR) is 110 cm³/mol. The molecule has 0 aliphatic rings. The molecule has 2 heteroatoms. The molecule has 0 radical (unpaired) electrons. The van der Waals surface area contributed by atoms with Gasteiger partial charge < -0.3 is 0 Å². The largest absolute Gasteiger partial charge is 0.134 e. The summed E-state index contributed by atoms with van der Waals surface area (Å²) in [5.41, 5.74) is 4.01. The van der Waals surface area contributed by atoms with Crippen molar-refractivity contribution in [3.63, 3.8) is 0 Å². The molecule has 116 valence electrons. The van der Waals surface area contributed by atoms with E-state index in [0.29, 0.717) is 0 Å².